The summed E-state index contributed by atoms with van der Waals surface area (Å²) in [6, 6.07) is 1.32. The topological polar surface area (TPSA) is 18.5 Å². The van der Waals surface area contributed by atoms with Crippen LogP contribution in [-0.2, 0) is 0 Å². The van der Waals surface area contributed by atoms with Gasteiger partial charge in [0.25, 0.3) is 0 Å². The SMILES string of the molecule is CNC(C)C(C)(C)CN1CCCC1CN(C)C. The first-order chi connectivity index (χ1) is 7.86. The van der Waals surface area contributed by atoms with Gasteiger partial charge in [-0.05, 0) is 52.9 Å². The Morgan fingerprint density at radius 1 is 1.41 bits per heavy atom. The summed E-state index contributed by atoms with van der Waals surface area (Å²) >= 11 is 0. The lowest BCUT2D eigenvalue weighted by Crippen LogP contribution is -2.48. The molecule has 2 atom stereocenters. The second kappa shape index (κ2) is 6.17. The monoisotopic (exact) mass is 241 g/mol. The van der Waals surface area contributed by atoms with Crippen LogP contribution in [0, 0.1) is 5.41 Å². The maximum absolute atomic E-state index is 3.40. The highest BCUT2D eigenvalue weighted by Gasteiger charge is 2.32. The first-order valence-corrected chi connectivity index (χ1v) is 6.93. The van der Waals surface area contributed by atoms with Crippen molar-refractivity contribution in [1.82, 2.24) is 15.1 Å². The summed E-state index contributed by atoms with van der Waals surface area (Å²) in [7, 11) is 6.42. The number of nitrogens with zero attached hydrogens (tertiary/aromatic N) is 2. The highest BCUT2D eigenvalue weighted by Crippen LogP contribution is 2.27. The summed E-state index contributed by atoms with van der Waals surface area (Å²) in [5.74, 6) is 0. The molecule has 17 heavy (non-hydrogen) atoms. The van der Waals surface area contributed by atoms with Gasteiger partial charge in [0.15, 0.2) is 0 Å². The zero-order valence-corrected chi connectivity index (χ0v) is 12.6. The molecule has 0 amide bonds. The van der Waals surface area contributed by atoms with E-state index in [4.69, 9.17) is 0 Å². The fourth-order valence-corrected chi connectivity index (χ4v) is 2.78. The average molecular weight is 241 g/mol. The van der Waals surface area contributed by atoms with E-state index in [0.29, 0.717) is 11.5 Å². The van der Waals surface area contributed by atoms with Crippen molar-refractivity contribution in [3.8, 4) is 0 Å². The molecule has 0 aromatic heterocycles. The molecule has 1 aliphatic heterocycles. The molecule has 102 valence electrons. The Bertz CT molecular complexity index is 226. The number of likely N-dealkylation sites (N-methyl/N-ethyl adjacent to an activating group) is 1. The summed E-state index contributed by atoms with van der Waals surface area (Å²) in [4.78, 5) is 5.01. The molecule has 0 radical (unpaired) electrons. The summed E-state index contributed by atoms with van der Waals surface area (Å²) in [5.41, 5.74) is 0.337. The third kappa shape index (κ3) is 4.23. The van der Waals surface area contributed by atoms with E-state index in [1.807, 2.05) is 0 Å². The van der Waals surface area contributed by atoms with Crippen LogP contribution in [0.25, 0.3) is 0 Å². The van der Waals surface area contributed by atoms with E-state index in [9.17, 15) is 0 Å². The van der Waals surface area contributed by atoms with Crippen molar-refractivity contribution in [2.45, 2.75) is 45.7 Å². The zero-order valence-electron chi connectivity index (χ0n) is 12.6. The Hall–Kier alpha value is -0.120. The van der Waals surface area contributed by atoms with Crippen LogP contribution in [0.15, 0.2) is 0 Å². The van der Waals surface area contributed by atoms with Gasteiger partial charge in [-0.1, -0.05) is 13.8 Å². The van der Waals surface area contributed by atoms with Gasteiger partial charge >= 0.3 is 0 Å². The van der Waals surface area contributed by atoms with Crippen molar-refractivity contribution in [3.05, 3.63) is 0 Å². The molecule has 3 nitrogen and oxygen atoms in total. The number of nitrogens with one attached hydrogen (secondary N) is 1. The summed E-state index contributed by atoms with van der Waals surface area (Å²) in [6.07, 6.45) is 2.73. The van der Waals surface area contributed by atoms with Crippen molar-refractivity contribution in [1.29, 1.82) is 0 Å². The first-order valence-electron chi connectivity index (χ1n) is 6.93. The lowest BCUT2D eigenvalue weighted by atomic mass is 9.84. The molecule has 1 fully saturated rings. The van der Waals surface area contributed by atoms with Crippen LogP contribution in [-0.4, -0.2) is 62.7 Å². The van der Waals surface area contributed by atoms with Gasteiger partial charge in [-0.3, -0.25) is 4.90 Å². The third-order valence-corrected chi connectivity index (χ3v) is 4.29. The van der Waals surface area contributed by atoms with Gasteiger partial charge in [0.05, 0.1) is 0 Å². The minimum atomic E-state index is 0.337. The molecule has 1 aliphatic rings. The molecule has 1 rings (SSSR count). The quantitative estimate of drug-likeness (QED) is 0.763. The molecular formula is C14H31N3. The minimum absolute atomic E-state index is 0.337. The summed E-state index contributed by atoms with van der Waals surface area (Å²) in [5, 5.41) is 3.40. The maximum Gasteiger partial charge on any atom is 0.0223 e. The van der Waals surface area contributed by atoms with Crippen LogP contribution < -0.4 is 5.32 Å². The van der Waals surface area contributed by atoms with E-state index in [0.717, 1.165) is 6.04 Å². The Morgan fingerprint density at radius 2 is 2.06 bits per heavy atom. The number of rotatable bonds is 6. The van der Waals surface area contributed by atoms with Gasteiger partial charge in [0.2, 0.25) is 0 Å². The average Bonchev–Trinajstić information content (AvgIpc) is 2.63. The highest BCUT2D eigenvalue weighted by atomic mass is 15.2. The molecule has 0 saturated carbocycles. The van der Waals surface area contributed by atoms with Gasteiger partial charge in [-0.25, -0.2) is 0 Å². The van der Waals surface area contributed by atoms with Crippen LogP contribution in [0.3, 0.4) is 0 Å². The molecule has 1 N–H and O–H groups in total. The molecule has 1 heterocycles. The molecule has 0 aromatic rings. The zero-order chi connectivity index (χ0) is 13.1. The number of hydrogen-bond donors (Lipinski definition) is 1. The third-order valence-electron chi connectivity index (χ3n) is 4.29. The second-order valence-electron chi connectivity index (χ2n) is 6.53. The molecule has 0 spiro atoms. The van der Waals surface area contributed by atoms with Gasteiger partial charge < -0.3 is 10.2 Å². The smallest absolute Gasteiger partial charge is 0.0223 e. The van der Waals surface area contributed by atoms with Gasteiger partial charge in [-0.15, -0.1) is 0 Å². The van der Waals surface area contributed by atoms with Crippen LogP contribution in [0.5, 0.6) is 0 Å². The predicted octanol–water partition coefficient (Wildman–Crippen LogP) is 1.65. The van der Waals surface area contributed by atoms with Gasteiger partial charge in [0.1, 0.15) is 0 Å². The van der Waals surface area contributed by atoms with Gasteiger partial charge in [-0.2, -0.15) is 0 Å². The van der Waals surface area contributed by atoms with E-state index in [1.54, 1.807) is 0 Å². The Morgan fingerprint density at radius 3 is 2.59 bits per heavy atom. The van der Waals surface area contributed by atoms with E-state index >= 15 is 0 Å². The van der Waals surface area contributed by atoms with E-state index in [-0.39, 0.29) is 0 Å². The standard InChI is InChI=1S/C14H31N3/c1-12(15-4)14(2,3)11-17-9-7-8-13(17)10-16(5)6/h12-13,15H,7-11H2,1-6H3. The molecule has 0 aromatic carbocycles. The van der Waals surface area contributed by atoms with Crippen LogP contribution in [0.2, 0.25) is 0 Å². The highest BCUT2D eigenvalue weighted by molar-refractivity contribution is 4.88. The van der Waals surface area contributed by atoms with Crippen molar-refractivity contribution < 1.29 is 0 Å². The van der Waals surface area contributed by atoms with E-state index in [2.05, 4.69) is 57.0 Å². The largest absolute Gasteiger partial charge is 0.317 e. The van der Waals surface area contributed by atoms with E-state index < -0.39 is 0 Å². The Kier molecular flexibility index (Phi) is 5.42. The van der Waals surface area contributed by atoms with Gasteiger partial charge in [0, 0.05) is 25.2 Å². The lowest BCUT2D eigenvalue weighted by Gasteiger charge is -2.38. The number of likely N-dealkylation sites (tertiary alicyclic amines) is 1. The molecular weight excluding hydrogens is 210 g/mol. The second-order valence-corrected chi connectivity index (χ2v) is 6.53. The summed E-state index contributed by atoms with van der Waals surface area (Å²) < 4.78 is 0. The minimum Gasteiger partial charge on any atom is -0.317 e. The van der Waals surface area contributed by atoms with Crippen molar-refractivity contribution >= 4 is 0 Å². The summed E-state index contributed by atoms with van der Waals surface area (Å²) in [6.45, 7) is 10.7. The van der Waals surface area contributed by atoms with Crippen LogP contribution in [0.4, 0.5) is 0 Å². The molecule has 2 unspecified atom stereocenters. The molecule has 1 saturated heterocycles. The maximum atomic E-state index is 3.40. The Labute approximate surface area is 108 Å². The molecule has 0 aliphatic carbocycles. The van der Waals surface area contributed by atoms with Crippen molar-refractivity contribution in [2.24, 2.45) is 5.41 Å². The van der Waals surface area contributed by atoms with Crippen molar-refractivity contribution in [3.63, 3.8) is 0 Å². The fraction of sp³-hybridized carbons (Fsp3) is 1.00. The Balaban J connectivity index is 2.54. The van der Waals surface area contributed by atoms with Crippen LogP contribution in [0.1, 0.15) is 33.6 Å². The van der Waals surface area contributed by atoms with E-state index in [1.165, 1.54) is 32.5 Å². The van der Waals surface area contributed by atoms with Crippen molar-refractivity contribution in [2.75, 3.05) is 40.8 Å². The molecule has 0 bridgehead atoms. The number of hydrogen-bond acceptors (Lipinski definition) is 3. The van der Waals surface area contributed by atoms with Crippen LogP contribution >= 0.6 is 0 Å². The first kappa shape index (κ1) is 14.9. The lowest BCUT2D eigenvalue weighted by molar-refractivity contribution is 0.122. The predicted molar refractivity (Wildman–Crippen MR) is 75.5 cm³/mol. The molecule has 3 heteroatoms. The normalized spacial score (nSPS) is 24.5. The fourth-order valence-electron chi connectivity index (χ4n) is 2.78.